The van der Waals surface area contributed by atoms with E-state index in [9.17, 15) is 19.5 Å². The van der Waals surface area contributed by atoms with Crippen LogP contribution < -0.4 is 9.64 Å². The maximum absolute atomic E-state index is 13.5. The standard InChI is InChI=1S/C23H26N2O6/c1-23(2,3)31-22(29)24-14-13-19(20(24)27)21(28)25(15-5-9-17(26)10-6-15)16-7-11-18(30-4)12-8-16/h5-12,19,26H,13-14H2,1-4H3. The predicted molar refractivity (Wildman–Crippen MR) is 114 cm³/mol. The molecule has 0 radical (unpaired) electrons. The molecule has 1 fully saturated rings. The largest absolute Gasteiger partial charge is 0.508 e. The van der Waals surface area contributed by atoms with Crippen molar-refractivity contribution < 1.29 is 29.0 Å². The van der Waals surface area contributed by atoms with E-state index < -0.39 is 29.4 Å². The molecule has 2 aromatic rings. The second-order valence-corrected chi connectivity index (χ2v) is 8.20. The number of benzene rings is 2. The monoisotopic (exact) mass is 426 g/mol. The van der Waals surface area contributed by atoms with Gasteiger partial charge >= 0.3 is 6.09 Å². The molecule has 1 unspecified atom stereocenters. The second-order valence-electron chi connectivity index (χ2n) is 8.20. The molecule has 8 nitrogen and oxygen atoms in total. The number of hydrogen-bond donors (Lipinski definition) is 1. The van der Waals surface area contributed by atoms with E-state index in [1.807, 2.05) is 0 Å². The number of hydrogen-bond acceptors (Lipinski definition) is 6. The van der Waals surface area contributed by atoms with Crippen LogP contribution in [0.5, 0.6) is 11.5 Å². The summed E-state index contributed by atoms with van der Waals surface area (Å²) in [6, 6.07) is 12.9. The molecular weight excluding hydrogens is 400 g/mol. The van der Waals surface area contributed by atoms with Gasteiger partial charge in [-0.05, 0) is 75.7 Å². The van der Waals surface area contributed by atoms with Gasteiger partial charge in [0.05, 0.1) is 7.11 Å². The van der Waals surface area contributed by atoms with Gasteiger partial charge in [-0.3, -0.25) is 14.5 Å². The van der Waals surface area contributed by atoms with Crippen LogP contribution in [0, 0.1) is 5.92 Å². The van der Waals surface area contributed by atoms with E-state index in [1.54, 1.807) is 64.3 Å². The summed E-state index contributed by atoms with van der Waals surface area (Å²) in [7, 11) is 1.54. The molecule has 0 aliphatic carbocycles. The van der Waals surface area contributed by atoms with Crippen molar-refractivity contribution in [2.45, 2.75) is 32.8 Å². The van der Waals surface area contributed by atoms with Crippen LogP contribution in [0.2, 0.25) is 0 Å². The molecule has 1 atom stereocenters. The Morgan fingerprint density at radius 1 is 1.03 bits per heavy atom. The van der Waals surface area contributed by atoms with Gasteiger partial charge in [0.1, 0.15) is 23.0 Å². The summed E-state index contributed by atoms with van der Waals surface area (Å²) in [5.74, 6) is -1.40. The number of likely N-dealkylation sites (tertiary alicyclic amines) is 1. The Balaban J connectivity index is 1.90. The van der Waals surface area contributed by atoms with Gasteiger partial charge in [0.2, 0.25) is 11.8 Å². The number of rotatable bonds is 4. The van der Waals surface area contributed by atoms with Gasteiger partial charge in [0, 0.05) is 17.9 Å². The summed E-state index contributed by atoms with van der Waals surface area (Å²) in [5.41, 5.74) is 0.261. The predicted octanol–water partition coefficient (Wildman–Crippen LogP) is 3.85. The van der Waals surface area contributed by atoms with Crippen molar-refractivity contribution >= 4 is 29.3 Å². The number of phenolic OH excluding ortho intramolecular Hbond substituents is 1. The fourth-order valence-corrected chi connectivity index (χ4v) is 3.30. The molecule has 1 heterocycles. The molecule has 1 aliphatic heterocycles. The number of phenols is 1. The van der Waals surface area contributed by atoms with Crippen molar-refractivity contribution in [3.8, 4) is 11.5 Å². The average Bonchev–Trinajstić information content (AvgIpc) is 3.10. The Morgan fingerprint density at radius 2 is 1.58 bits per heavy atom. The van der Waals surface area contributed by atoms with Crippen molar-refractivity contribution in [1.29, 1.82) is 0 Å². The molecule has 1 aliphatic rings. The summed E-state index contributed by atoms with van der Waals surface area (Å²) in [6.45, 7) is 5.25. The SMILES string of the molecule is COc1ccc(N(C(=O)C2CCN(C(=O)OC(C)(C)C)C2=O)c2ccc(O)cc2)cc1. The Labute approximate surface area is 181 Å². The molecule has 0 bridgehead atoms. The number of carbonyl (C=O) groups excluding carboxylic acids is 3. The highest BCUT2D eigenvalue weighted by molar-refractivity contribution is 6.14. The van der Waals surface area contributed by atoms with Crippen molar-refractivity contribution in [1.82, 2.24) is 4.90 Å². The highest BCUT2D eigenvalue weighted by Crippen LogP contribution is 2.33. The maximum atomic E-state index is 13.5. The van der Waals surface area contributed by atoms with Gasteiger partial charge in [-0.1, -0.05) is 0 Å². The van der Waals surface area contributed by atoms with Crippen LogP contribution >= 0.6 is 0 Å². The fraction of sp³-hybridized carbons (Fsp3) is 0.348. The van der Waals surface area contributed by atoms with Gasteiger partial charge in [-0.25, -0.2) is 9.69 Å². The number of imide groups is 1. The Bertz CT molecular complexity index is 963. The molecule has 0 saturated carbocycles. The van der Waals surface area contributed by atoms with E-state index in [1.165, 1.54) is 17.0 Å². The molecule has 3 amide bonds. The fourth-order valence-electron chi connectivity index (χ4n) is 3.30. The molecule has 164 valence electrons. The summed E-state index contributed by atoms with van der Waals surface area (Å²) < 4.78 is 10.5. The molecule has 31 heavy (non-hydrogen) atoms. The van der Waals surface area contributed by atoms with Crippen molar-refractivity contribution in [2.75, 3.05) is 18.6 Å². The van der Waals surface area contributed by atoms with E-state index in [0.717, 1.165) is 4.90 Å². The van der Waals surface area contributed by atoms with Crippen LogP contribution in [0.1, 0.15) is 27.2 Å². The number of amides is 3. The van der Waals surface area contributed by atoms with Gasteiger partial charge in [-0.2, -0.15) is 0 Å². The number of carbonyl (C=O) groups is 3. The van der Waals surface area contributed by atoms with E-state index >= 15 is 0 Å². The number of ether oxygens (including phenoxy) is 2. The van der Waals surface area contributed by atoms with Gasteiger partial charge in [0.25, 0.3) is 0 Å². The smallest absolute Gasteiger partial charge is 0.417 e. The molecular formula is C23H26N2O6. The van der Waals surface area contributed by atoms with Crippen LogP contribution in [0.15, 0.2) is 48.5 Å². The normalized spacial score (nSPS) is 16.2. The molecule has 8 heteroatoms. The molecule has 0 aromatic heterocycles. The summed E-state index contributed by atoms with van der Waals surface area (Å²) in [6.07, 6.45) is -0.560. The summed E-state index contributed by atoms with van der Waals surface area (Å²) >= 11 is 0. The first kappa shape index (κ1) is 22.1. The van der Waals surface area contributed by atoms with E-state index in [2.05, 4.69) is 0 Å². The first-order chi connectivity index (χ1) is 14.6. The number of nitrogens with zero attached hydrogens (tertiary/aromatic N) is 2. The molecule has 2 aromatic carbocycles. The number of methoxy groups -OCH3 is 1. The lowest BCUT2D eigenvalue weighted by molar-refractivity contribution is -0.135. The zero-order valence-electron chi connectivity index (χ0n) is 18.0. The Kier molecular flexibility index (Phi) is 6.19. The lowest BCUT2D eigenvalue weighted by Gasteiger charge is -2.26. The Hall–Kier alpha value is -3.55. The molecule has 0 spiro atoms. The third kappa shape index (κ3) is 4.96. The molecule has 1 N–H and O–H groups in total. The minimum atomic E-state index is -1.02. The molecule has 1 saturated heterocycles. The van der Waals surface area contributed by atoms with Crippen LogP contribution in [0.25, 0.3) is 0 Å². The Morgan fingerprint density at radius 3 is 2.10 bits per heavy atom. The van der Waals surface area contributed by atoms with Crippen LogP contribution in [0.4, 0.5) is 16.2 Å². The average molecular weight is 426 g/mol. The van der Waals surface area contributed by atoms with Crippen LogP contribution in [0.3, 0.4) is 0 Å². The zero-order valence-corrected chi connectivity index (χ0v) is 18.0. The quantitative estimate of drug-likeness (QED) is 0.746. The van der Waals surface area contributed by atoms with Gasteiger partial charge < -0.3 is 14.6 Å². The van der Waals surface area contributed by atoms with Gasteiger partial charge in [-0.15, -0.1) is 0 Å². The zero-order chi connectivity index (χ0) is 22.8. The number of aromatic hydroxyl groups is 1. The minimum absolute atomic E-state index is 0.0546. The van der Waals surface area contributed by atoms with Crippen molar-refractivity contribution in [2.24, 2.45) is 5.92 Å². The van der Waals surface area contributed by atoms with E-state index in [0.29, 0.717) is 17.1 Å². The van der Waals surface area contributed by atoms with Crippen molar-refractivity contribution in [3.63, 3.8) is 0 Å². The van der Waals surface area contributed by atoms with Crippen LogP contribution in [-0.4, -0.2) is 47.2 Å². The first-order valence-corrected chi connectivity index (χ1v) is 9.92. The molecule has 3 rings (SSSR count). The summed E-state index contributed by atoms with van der Waals surface area (Å²) in [4.78, 5) is 41.2. The third-order valence-corrected chi connectivity index (χ3v) is 4.78. The third-order valence-electron chi connectivity index (χ3n) is 4.78. The minimum Gasteiger partial charge on any atom is -0.508 e. The summed E-state index contributed by atoms with van der Waals surface area (Å²) in [5, 5.41) is 9.63. The van der Waals surface area contributed by atoms with E-state index in [-0.39, 0.29) is 18.7 Å². The highest BCUT2D eigenvalue weighted by Gasteiger charge is 2.43. The van der Waals surface area contributed by atoms with Crippen molar-refractivity contribution in [3.05, 3.63) is 48.5 Å². The second kappa shape index (κ2) is 8.67. The lowest BCUT2D eigenvalue weighted by atomic mass is 10.0. The maximum Gasteiger partial charge on any atom is 0.417 e. The highest BCUT2D eigenvalue weighted by atomic mass is 16.6. The van der Waals surface area contributed by atoms with Gasteiger partial charge in [0.15, 0.2) is 0 Å². The van der Waals surface area contributed by atoms with E-state index in [4.69, 9.17) is 9.47 Å². The van der Waals surface area contributed by atoms with Crippen LogP contribution in [-0.2, 0) is 14.3 Å². The number of anilines is 2. The topological polar surface area (TPSA) is 96.4 Å². The first-order valence-electron chi connectivity index (χ1n) is 9.92. The lowest BCUT2D eigenvalue weighted by Crippen LogP contribution is -2.41.